The Morgan fingerprint density at radius 3 is 0.769 bits per heavy atom. The van der Waals surface area contributed by atoms with Gasteiger partial charge in [-0.2, -0.15) is 0 Å². The molecule has 0 aliphatic carbocycles. The van der Waals surface area contributed by atoms with Crippen molar-refractivity contribution in [3.63, 3.8) is 0 Å². The zero-order chi connectivity index (χ0) is 56.2. The normalized spacial score (nSPS) is 13.1. The van der Waals surface area contributed by atoms with Gasteiger partial charge in [-0.3, -0.25) is 9.59 Å². The zero-order valence-electron chi connectivity index (χ0n) is 50.9. The molecular weight excluding hydrogens is 957 g/mol. The Hall–Kier alpha value is -3.96. The molecule has 0 heterocycles. The van der Waals surface area contributed by atoms with Gasteiger partial charge in [-0.15, -0.1) is 0 Å². The van der Waals surface area contributed by atoms with Gasteiger partial charge in [-0.25, -0.2) is 0 Å². The number of aliphatic hydroxyl groups excluding tert-OH is 1. The molecule has 0 fully saturated rings. The van der Waals surface area contributed by atoms with Crippen LogP contribution >= 0.6 is 0 Å². The highest BCUT2D eigenvalue weighted by Crippen LogP contribution is 2.17. The van der Waals surface area contributed by atoms with Gasteiger partial charge in [-0.1, -0.05) is 308 Å². The van der Waals surface area contributed by atoms with Gasteiger partial charge in [0.25, 0.3) is 0 Å². The fourth-order valence-electron chi connectivity index (χ4n) is 9.12. The molecule has 0 aliphatic heterocycles. The summed E-state index contributed by atoms with van der Waals surface area (Å²) in [6.45, 7) is 3.91. The summed E-state index contributed by atoms with van der Waals surface area (Å²) in [4.78, 5) is 24.6. The Morgan fingerprint density at radius 1 is 0.295 bits per heavy atom. The second-order valence-corrected chi connectivity index (χ2v) is 21.4. The molecule has 1 N–H and O–H groups in total. The van der Waals surface area contributed by atoms with Gasteiger partial charge < -0.3 is 14.6 Å². The third-order valence-electron chi connectivity index (χ3n) is 13.9. The molecule has 0 saturated carbocycles. The lowest BCUT2D eigenvalue weighted by Crippen LogP contribution is -2.28. The number of ether oxygens (including phenoxy) is 2. The first kappa shape index (κ1) is 74.0. The van der Waals surface area contributed by atoms with E-state index in [0.717, 1.165) is 122 Å². The topological polar surface area (TPSA) is 72.8 Å². The second kappa shape index (κ2) is 67.3. The quantitative estimate of drug-likeness (QED) is 0.0373. The first-order valence-electron chi connectivity index (χ1n) is 32.7. The highest BCUT2D eigenvalue weighted by molar-refractivity contribution is 5.70. The fourth-order valence-corrected chi connectivity index (χ4v) is 9.12. The molecule has 0 bridgehead atoms. The SMILES string of the molecule is CC/C=C\C/C=C\C/C=C\C/C=C\C/C=C\C/C=C\CCCCCCC(=O)OC(CO)COC(=O)CCCCCCCCCCCCCCCCCCCCCCCCCCC/C=C\C/C=C\C/C=C\C/C=C\C/C=C\CC. The van der Waals surface area contributed by atoms with Crippen molar-refractivity contribution in [3.05, 3.63) is 134 Å². The lowest BCUT2D eigenvalue weighted by molar-refractivity contribution is -0.161. The van der Waals surface area contributed by atoms with E-state index >= 15 is 0 Å². The number of carbonyl (C=O) groups is 2. The zero-order valence-corrected chi connectivity index (χ0v) is 50.9. The molecule has 1 unspecified atom stereocenters. The molecule has 0 aromatic heterocycles. The average Bonchev–Trinajstić information content (AvgIpc) is 3.44. The second-order valence-electron chi connectivity index (χ2n) is 21.4. The van der Waals surface area contributed by atoms with Crippen LogP contribution in [0.25, 0.3) is 0 Å². The van der Waals surface area contributed by atoms with E-state index in [4.69, 9.17) is 9.47 Å². The van der Waals surface area contributed by atoms with Crippen LogP contribution in [0.5, 0.6) is 0 Å². The molecule has 0 spiro atoms. The first-order chi connectivity index (χ1) is 38.6. The molecular formula is C73H122O5. The molecule has 444 valence electrons. The molecule has 0 aliphatic rings. The highest BCUT2D eigenvalue weighted by Gasteiger charge is 2.16. The lowest BCUT2D eigenvalue weighted by Gasteiger charge is -2.15. The summed E-state index contributed by atoms with van der Waals surface area (Å²) in [5, 5.41) is 9.67. The van der Waals surface area contributed by atoms with Gasteiger partial charge in [0, 0.05) is 12.8 Å². The fraction of sp³-hybridized carbons (Fsp3) is 0.671. The van der Waals surface area contributed by atoms with Crippen LogP contribution in [0.4, 0.5) is 0 Å². The Bertz CT molecular complexity index is 1600. The molecule has 0 amide bonds. The lowest BCUT2D eigenvalue weighted by atomic mass is 10.0. The largest absolute Gasteiger partial charge is 0.462 e. The Kier molecular flexibility index (Phi) is 63.9. The van der Waals surface area contributed by atoms with E-state index in [0.29, 0.717) is 12.8 Å². The number of hydrogen-bond acceptors (Lipinski definition) is 5. The third-order valence-corrected chi connectivity index (χ3v) is 13.9. The molecule has 0 radical (unpaired) electrons. The number of carbonyl (C=O) groups excluding carboxylic acids is 2. The maximum absolute atomic E-state index is 12.3. The number of allylic oxidation sites excluding steroid dienone is 22. The van der Waals surface area contributed by atoms with E-state index in [-0.39, 0.29) is 25.2 Å². The van der Waals surface area contributed by atoms with Crippen molar-refractivity contribution in [1.82, 2.24) is 0 Å². The molecule has 0 aromatic carbocycles. The van der Waals surface area contributed by atoms with Gasteiger partial charge in [0.05, 0.1) is 6.61 Å². The smallest absolute Gasteiger partial charge is 0.306 e. The molecule has 5 nitrogen and oxygen atoms in total. The van der Waals surface area contributed by atoms with E-state index < -0.39 is 6.10 Å². The van der Waals surface area contributed by atoms with E-state index in [1.54, 1.807) is 0 Å². The minimum atomic E-state index is -0.793. The monoisotopic (exact) mass is 1080 g/mol. The van der Waals surface area contributed by atoms with Crippen molar-refractivity contribution in [1.29, 1.82) is 0 Å². The standard InChI is InChI=1S/C73H122O5/c1-3-5-7-9-11-13-15-17-19-21-23-25-27-28-29-30-31-32-33-34-35-36-37-38-39-40-41-42-43-44-46-47-49-51-53-55-57-59-61-63-65-67-72(75)77-70-71(69-74)78-73(76)68-66-64-62-60-58-56-54-52-50-48-45-26-24-22-20-18-16-14-12-10-8-6-4-2/h5-8,11-14,17-20,23-26,28-29,48,50,54,56,71,74H,3-4,9-10,15-16,21-22,27,30-47,49,51-53,55,57-70H2,1-2H3/b7-5-,8-6-,13-11-,14-12-,19-17-,20-18-,25-23-,26-24-,29-28-,50-48-,56-54-. The minimum Gasteiger partial charge on any atom is -0.462 e. The van der Waals surface area contributed by atoms with Crippen molar-refractivity contribution in [3.8, 4) is 0 Å². The molecule has 0 saturated heterocycles. The molecule has 1 atom stereocenters. The Morgan fingerprint density at radius 2 is 0.513 bits per heavy atom. The summed E-state index contributed by atoms with van der Waals surface area (Å²) in [7, 11) is 0. The highest BCUT2D eigenvalue weighted by atomic mass is 16.6. The van der Waals surface area contributed by atoms with E-state index in [2.05, 4.69) is 148 Å². The number of rotatable bonds is 59. The Labute approximate surface area is 483 Å². The first-order valence-corrected chi connectivity index (χ1v) is 32.7. The van der Waals surface area contributed by atoms with Gasteiger partial charge >= 0.3 is 11.9 Å². The summed E-state index contributed by atoms with van der Waals surface area (Å²) in [5.74, 6) is -0.616. The van der Waals surface area contributed by atoms with Crippen LogP contribution in [0.1, 0.15) is 296 Å². The summed E-state index contributed by atoms with van der Waals surface area (Å²) in [5.41, 5.74) is 0. The van der Waals surface area contributed by atoms with Gasteiger partial charge in [0.15, 0.2) is 6.10 Å². The van der Waals surface area contributed by atoms with Crippen molar-refractivity contribution in [2.24, 2.45) is 0 Å². The van der Waals surface area contributed by atoms with Crippen molar-refractivity contribution in [2.75, 3.05) is 13.2 Å². The maximum Gasteiger partial charge on any atom is 0.306 e. The van der Waals surface area contributed by atoms with E-state index in [1.165, 1.54) is 148 Å². The summed E-state index contributed by atoms with van der Waals surface area (Å²) in [6, 6.07) is 0. The third kappa shape index (κ3) is 64.6. The Balaban J connectivity index is 3.47. The van der Waals surface area contributed by atoms with Crippen LogP contribution in [-0.4, -0.2) is 36.4 Å². The van der Waals surface area contributed by atoms with Crippen LogP contribution in [-0.2, 0) is 19.1 Å². The number of esters is 2. The summed E-state index contributed by atoms with van der Waals surface area (Å²) < 4.78 is 10.7. The van der Waals surface area contributed by atoms with Crippen LogP contribution in [0.3, 0.4) is 0 Å². The maximum atomic E-state index is 12.3. The van der Waals surface area contributed by atoms with Gasteiger partial charge in [0.2, 0.25) is 0 Å². The summed E-state index contributed by atoms with van der Waals surface area (Å²) >= 11 is 0. The number of unbranched alkanes of at least 4 members (excludes halogenated alkanes) is 29. The van der Waals surface area contributed by atoms with E-state index in [1.807, 2.05) is 0 Å². The van der Waals surface area contributed by atoms with Gasteiger partial charge in [-0.05, 0) is 109 Å². The van der Waals surface area contributed by atoms with Crippen molar-refractivity contribution < 1.29 is 24.2 Å². The van der Waals surface area contributed by atoms with E-state index in [9.17, 15) is 14.7 Å². The predicted octanol–water partition coefficient (Wildman–Crippen LogP) is 22.8. The molecule has 0 aromatic rings. The molecule has 78 heavy (non-hydrogen) atoms. The number of aliphatic hydroxyl groups is 1. The molecule has 5 heteroatoms. The van der Waals surface area contributed by atoms with Crippen LogP contribution in [0.2, 0.25) is 0 Å². The van der Waals surface area contributed by atoms with Crippen molar-refractivity contribution in [2.45, 2.75) is 302 Å². The van der Waals surface area contributed by atoms with Crippen LogP contribution < -0.4 is 0 Å². The van der Waals surface area contributed by atoms with Crippen LogP contribution in [0, 0.1) is 0 Å². The van der Waals surface area contributed by atoms with Crippen molar-refractivity contribution >= 4 is 11.9 Å². The average molecular weight is 1080 g/mol. The minimum absolute atomic E-state index is 0.0803. The van der Waals surface area contributed by atoms with Crippen LogP contribution in [0.15, 0.2) is 134 Å². The number of hydrogen-bond donors (Lipinski definition) is 1. The predicted molar refractivity (Wildman–Crippen MR) is 343 cm³/mol. The summed E-state index contributed by atoms with van der Waals surface area (Å²) in [6.07, 6.45) is 100. The molecule has 0 rings (SSSR count). The van der Waals surface area contributed by atoms with Gasteiger partial charge in [0.1, 0.15) is 6.61 Å².